The van der Waals surface area contributed by atoms with Crippen molar-refractivity contribution >= 4 is 15.9 Å². The van der Waals surface area contributed by atoms with Gasteiger partial charge in [0.2, 0.25) is 0 Å². The fourth-order valence-corrected chi connectivity index (χ4v) is 1.64. The lowest BCUT2D eigenvalue weighted by Gasteiger charge is -2.01. The van der Waals surface area contributed by atoms with Crippen LogP contribution >= 0.6 is 15.9 Å². The Kier molecular flexibility index (Phi) is 4.33. The van der Waals surface area contributed by atoms with Gasteiger partial charge in [0, 0.05) is 11.9 Å². The number of aliphatic hydroxyl groups excluding tert-OH is 1. The Morgan fingerprint density at radius 1 is 1.17 bits per heavy atom. The van der Waals surface area contributed by atoms with Crippen LogP contribution < -0.4 is 0 Å². The molecule has 0 bridgehead atoms. The number of aryl methyl sites for hydroxylation is 1. The molecule has 1 aromatic carbocycles. The highest BCUT2D eigenvalue weighted by Gasteiger charge is 1.94. The summed E-state index contributed by atoms with van der Waals surface area (Å²) in [6.45, 7) is 0.234. The molecule has 2 heteroatoms. The maximum Gasteiger partial charge on any atom is 0.0471 e. The summed E-state index contributed by atoms with van der Waals surface area (Å²) < 4.78 is 0. The van der Waals surface area contributed by atoms with Gasteiger partial charge in [0.1, 0.15) is 0 Å². The van der Waals surface area contributed by atoms with Gasteiger partial charge in [0.05, 0.1) is 0 Å². The van der Waals surface area contributed by atoms with Crippen LogP contribution in [0.2, 0.25) is 0 Å². The molecule has 12 heavy (non-hydrogen) atoms. The Hall–Kier alpha value is -0.340. The molecule has 0 saturated heterocycles. The number of aliphatic hydroxyl groups is 1. The number of rotatable bonds is 4. The number of hydrogen-bond acceptors (Lipinski definition) is 1. The van der Waals surface area contributed by atoms with Gasteiger partial charge >= 0.3 is 0 Å². The molecule has 0 amide bonds. The number of benzene rings is 1. The lowest BCUT2D eigenvalue weighted by atomic mass is 10.1. The summed E-state index contributed by atoms with van der Waals surface area (Å²) in [7, 11) is 0. The first-order valence-corrected chi connectivity index (χ1v) is 5.23. The van der Waals surface area contributed by atoms with Crippen molar-refractivity contribution < 1.29 is 5.11 Å². The molecular formula is C10H13BrO. The molecule has 0 atom stereocenters. The molecule has 1 N–H and O–H groups in total. The fraction of sp³-hybridized carbons (Fsp3) is 0.400. The first-order chi connectivity index (χ1) is 5.86. The van der Waals surface area contributed by atoms with Crippen molar-refractivity contribution in [1.29, 1.82) is 0 Å². The van der Waals surface area contributed by atoms with E-state index in [2.05, 4.69) is 28.1 Å². The van der Waals surface area contributed by atoms with Crippen molar-refractivity contribution in [3.05, 3.63) is 35.4 Å². The van der Waals surface area contributed by atoms with E-state index in [1.54, 1.807) is 0 Å². The van der Waals surface area contributed by atoms with Crippen LogP contribution in [0.15, 0.2) is 24.3 Å². The van der Waals surface area contributed by atoms with Gasteiger partial charge in [-0.1, -0.05) is 40.2 Å². The number of hydrogen-bond donors (Lipinski definition) is 1. The molecular weight excluding hydrogens is 216 g/mol. The molecule has 0 unspecified atom stereocenters. The highest BCUT2D eigenvalue weighted by Crippen LogP contribution is 2.07. The molecule has 0 aliphatic carbocycles. The highest BCUT2D eigenvalue weighted by atomic mass is 79.9. The molecule has 0 heterocycles. The summed E-state index contributed by atoms with van der Waals surface area (Å²) in [6.07, 6.45) is 1.81. The van der Waals surface area contributed by atoms with Crippen LogP contribution in [0.25, 0.3) is 0 Å². The first-order valence-electron chi connectivity index (χ1n) is 4.11. The van der Waals surface area contributed by atoms with Crippen LogP contribution in [0.4, 0.5) is 0 Å². The first kappa shape index (κ1) is 9.75. The van der Waals surface area contributed by atoms with E-state index in [0.717, 1.165) is 18.2 Å². The average Bonchev–Trinajstić information content (AvgIpc) is 2.06. The summed E-state index contributed by atoms with van der Waals surface area (Å²) in [5.74, 6) is 0. The Morgan fingerprint density at radius 2 is 1.83 bits per heavy atom. The van der Waals surface area contributed by atoms with Crippen LogP contribution in [0.3, 0.4) is 0 Å². The molecule has 66 valence electrons. The minimum Gasteiger partial charge on any atom is -0.396 e. The predicted octanol–water partition coefficient (Wildman–Crippen LogP) is 2.16. The van der Waals surface area contributed by atoms with Crippen molar-refractivity contribution in [3.8, 4) is 0 Å². The highest BCUT2D eigenvalue weighted by molar-refractivity contribution is 9.09. The van der Waals surface area contributed by atoms with Crippen LogP contribution in [0, 0.1) is 0 Å². The maximum atomic E-state index is 8.73. The minimum absolute atomic E-state index is 0.234. The summed E-state index contributed by atoms with van der Waals surface area (Å²) in [6, 6.07) is 8.36. The third-order valence-electron chi connectivity index (χ3n) is 1.78. The molecule has 1 aromatic rings. The largest absolute Gasteiger partial charge is 0.396 e. The lowest BCUT2D eigenvalue weighted by molar-refractivity contribution is 0.299. The van der Waals surface area contributed by atoms with Crippen LogP contribution in [0.1, 0.15) is 11.1 Å². The van der Waals surface area contributed by atoms with E-state index >= 15 is 0 Å². The van der Waals surface area contributed by atoms with Gasteiger partial charge in [0.25, 0.3) is 0 Å². The maximum absolute atomic E-state index is 8.73. The van der Waals surface area contributed by atoms with E-state index in [-0.39, 0.29) is 6.61 Å². The standard InChI is InChI=1S/C10H13BrO/c11-6-4-9-2-1-3-10(8-9)5-7-12/h1-3,8,12H,4-7H2. The van der Waals surface area contributed by atoms with Gasteiger partial charge in [-0.25, -0.2) is 0 Å². The molecule has 0 aromatic heterocycles. The van der Waals surface area contributed by atoms with Crippen molar-refractivity contribution in [2.75, 3.05) is 11.9 Å². The second-order valence-corrected chi connectivity index (χ2v) is 3.53. The minimum atomic E-state index is 0.234. The number of halogens is 1. The molecule has 1 nitrogen and oxygen atoms in total. The molecule has 0 spiro atoms. The van der Waals surface area contributed by atoms with Gasteiger partial charge in [-0.15, -0.1) is 0 Å². The number of alkyl halides is 1. The Morgan fingerprint density at radius 3 is 2.42 bits per heavy atom. The lowest BCUT2D eigenvalue weighted by Crippen LogP contribution is -1.92. The van der Waals surface area contributed by atoms with Gasteiger partial charge in [-0.05, 0) is 24.0 Å². The van der Waals surface area contributed by atoms with E-state index in [9.17, 15) is 0 Å². The van der Waals surface area contributed by atoms with E-state index in [4.69, 9.17) is 5.11 Å². The summed E-state index contributed by atoms with van der Waals surface area (Å²) in [5.41, 5.74) is 2.55. The smallest absolute Gasteiger partial charge is 0.0471 e. The Bertz CT molecular complexity index is 214. The third-order valence-corrected chi connectivity index (χ3v) is 2.17. The van der Waals surface area contributed by atoms with Crippen molar-refractivity contribution in [2.45, 2.75) is 12.8 Å². The van der Waals surface area contributed by atoms with E-state index in [1.165, 1.54) is 11.1 Å². The Balaban J connectivity index is 2.67. The second-order valence-electron chi connectivity index (χ2n) is 2.73. The SMILES string of the molecule is OCCc1cccc(CCBr)c1. The van der Waals surface area contributed by atoms with Gasteiger partial charge < -0.3 is 5.11 Å². The topological polar surface area (TPSA) is 20.2 Å². The van der Waals surface area contributed by atoms with Crippen molar-refractivity contribution in [3.63, 3.8) is 0 Å². The van der Waals surface area contributed by atoms with E-state index in [0.29, 0.717) is 0 Å². The Labute approximate surface area is 81.6 Å². The van der Waals surface area contributed by atoms with Gasteiger partial charge in [-0.3, -0.25) is 0 Å². The van der Waals surface area contributed by atoms with Crippen molar-refractivity contribution in [1.82, 2.24) is 0 Å². The van der Waals surface area contributed by atoms with E-state index < -0.39 is 0 Å². The van der Waals surface area contributed by atoms with E-state index in [1.807, 2.05) is 12.1 Å². The summed E-state index contributed by atoms with van der Waals surface area (Å²) in [5, 5.41) is 9.73. The molecule has 0 radical (unpaired) electrons. The van der Waals surface area contributed by atoms with Crippen LogP contribution in [0.5, 0.6) is 0 Å². The summed E-state index contributed by atoms with van der Waals surface area (Å²) in [4.78, 5) is 0. The molecule has 1 rings (SSSR count). The zero-order valence-corrected chi connectivity index (χ0v) is 8.55. The van der Waals surface area contributed by atoms with Gasteiger partial charge in [-0.2, -0.15) is 0 Å². The second kappa shape index (κ2) is 5.33. The zero-order chi connectivity index (χ0) is 8.81. The summed E-state index contributed by atoms with van der Waals surface area (Å²) >= 11 is 3.40. The molecule has 0 fully saturated rings. The average molecular weight is 229 g/mol. The zero-order valence-electron chi connectivity index (χ0n) is 6.96. The molecule has 0 aliphatic rings. The van der Waals surface area contributed by atoms with Crippen LogP contribution in [-0.4, -0.2) is 17.0 Å². The van der Waals surface area contributed by atoms with Crippen molar-refractivity contribution in [2.24, 2.45) is 0 Å². The molecule has 0 saturated carbocycles. The fourth-order valence-electron chi connectivity index (χ4n) is 1.18. The third kappa shape index (κ3) is 2.95. The molecule has 0 aliphatic heterocycles. The van der Waals surface area contributed by atoms with Crippen LogP contribution in [-0.2, 0) is 12.8 Å². The van der Waals surface area contributed by atoms with Gasteiger partial charge in [0.15, 0.2) is 0 Å². The normalized spacial score (nSPS) is 10.2. The predicted molar refractivity (Wildman–Crippen MR) is 54.7 cm³/mol. The monoisotopic (exact) mass is 228 g/mol. The quantitative estimate of drug-likeness (QED) is 0.784.